The molecule has 0 saturated carbocycles. The number of aryl methyl sites for hydroxylation is 1. The van der Waals surface area contributed by atoms with Crippen LogP contribution in [-0.2, 0) is 14.3 Å². The van der Waals surface area contributed by atoms with Crippen molar-refractivity contribution < 1.29 is 23.9 Å². The van der Waals surface area contributed by atoms with Crippen LogP contribution >= 0.6 is 11.3 Å². The second-order valence-corrected chi connectivity index (χ2v) is 7.14. The molecule has 2 rings (SSSR count). The first-order chi connectivity index (χ1) is 12.8. The Morgan fingerprint density at radius 3 is 2.52 bits per heavy atom. The predicted molar refractivity (Wildman–Crippen MR) is 102 cm³/mol. The van der Waals surface area contributed by atoms with E-state index in [-0.39, 0.29) is 18.2 Å². The van der Waals surface area contributed by atoms with Gasteiger partial charge in [0.1, 0.15) is 6.54 Å². The Balaban J connectivity index is 1.82. The maximum Gasteiger partial charge on any atom is 0.326 e. The number of thiophene rings is 1. The van der Waals surface area contributed by atoms with Gasteiger partial charge in [-0.25, -0.2) is 0 Å². The van der Waals surface area contributed by atoms with E-state index in [0.29, 0.717) is 16.1 Å². The fourth-order valence-electron chi connectivity index (χ4n) is 2.15. The molecule has 7 nitrogen and oxygen atoms in total. The highest BCUT2D eigenvalue weighted by Crippen LogP contribution is 2.14. The summed E-state index contributed by atoms with van der Waals surface area (Å²) < 4.78 is 5.02. The molecule has 0 aliphatic heterocycles. The van der Waals surface area contributed by atoms with Crippen LogP contribution in [0.25, 0.3) is 0 Å². The Morgan fingerprint density at radius 2 is 1.89 bits per heavy atom. The normalized spacial score (nSPS) is 11.4. The van der Waals surface area contributed by atoms with E-state index in [9.17, 15) is 19.2 Å². The van der Waals surface area contributed by atoms with Crippen molar-refractivity contribution in [1.29, 1.82) is 0 Å². The predicted octanol–water partition coefficient (Wildman–Crippen LogP) is 2.56. The molecular weight excluding hydrogens is 368 g/mol. The van der Waals surface area contributed by atoms with Crippen molar-refractivity contribution in [2.75, 3.05) is 11.9 Å². The van der Waals surface area contributed by atoms with Gasteiger partial charge in [0.05, 0.1) is 4.88 Å². The number of hydrogen-bond donors (Lipinski definition) is 2. The molecule has 2 amide bonds. The number of amides is 2. The summed E-state index contributed by atoms with van der Waals surface area (Å²) in [7, 11) is 0. The van der Waals surface area contributed by atoms with Crippen molar-refractivity contribution in [3.8, 4) is 0 Å². The zero-order valence-electron chi connectivity index (χ0n) is 15.2. The molecule has 2 N–H and O–H groups in total. The number of hydrogen-bond acceptors (Lipinski definition) is 6. The molecule has 0 spiro atoms. The van der Waals surface area contributed by atoms with Crippen molar-refractivity contribution in [2.24, 2.45) is 0 Å². The van der Waals surface area contributed by atoms with E-state index in [4.69, 9.17) is 4.74 Å². The Hall–Kier alpha value is -3.00. The smallest absolute Gasteiger partial charge is 0.326 e. The third-order valence-electron chi connectivity index (χ3n) is 3.57. The van der Waals surface area contributed by atoms with Gasteiger partial charge in [-0.15, -0.1) is 11.3 Å². The molecule has 1 atom stereocenters. The highest BCUT2D eigenvalue weighted by atomic mass is 32.1. The summed E-state index contributed by atoms with van der Waals surface area (Å²) >= 11 is 1.32. The van der Waals surface area contributed by atoms with Crippen molar-refractivity contribution in [3.63, 3.8) is 0 Å². The number of ether oxygens (including phenoxy) is 1. The van der Waals surface area contributed by atoms with Crippen molar-refractivity contribution >= 4 is 40.6 Å². The zero-order chi connectivity index (χ0) is 20.0. The number of rotatable bonds is 7. The van der Waals surface area contributed by atoms with Gasteiger partial charge in [-0.2, -0.15) is 0 Å². The quantitative estimate of drug-likeness (QED) is 0.561. The molecule has 27 heavy (non-hydrogen) atoms. The van der Waals surface area contributed by atoms with Crippen LogP contribution in [0, 0.1) is 6.92 Å². The summed E-state index contributed by atoms with van der Waals surface area (Å²) in [5, 5.41) is 5.04. The largest absolute Gasteiger partial charge is 0.451 e. The van der Waals surface area contributed by atoms with Crippen molar-refractivity contribution in [2.45, 2.75) is 26.9 Å². The van der Waals surface area contributed by atoms with Crippen LogP contribution in [0.2, 0.25) is 0 Å². The van der Waals surface area contributed by atoms with Gasteiger partial charge >= 0.3 is 5.97 Å². The Kier molecular flexibility index (Phi) is 6.84. The zero-order valence-corrected chi connectivity index (χ0v) is 16.0. The van der Waals surface area contributed by atoms with Gasteiger partial charge in [-0.3, -0.25) is 19.2 Å². The number of benzene rings is 1. The van der Waals surface area contributed by atoms with E-state index in [2.05, 4.69) is 10.6 Å². The van der Waals surface area contributed by atoms with Crippen LogP contribution in [0.1, 0.15) is 38.8 Å². The average molecular weight is 388 g/mol. The van der Waals surface area contributed by atoms with Gasteiger partial charge in [0.15, 0.2) is 11.9 Å². The number of carbonyl (C=O) groups is 4. The van der Waals surface area contributed by atoms with E-state index in [1.807, 2.05) is 13.0 Å². The number of nitrogens with one attached hydrogen (secondary N) is 2. The van der Waals surface area contributed by atoms with Gasteiger partial charge in [0, 0.05) is 16.1 Å². The first-order valence-corrected chi connectivity index (χ1v) is 9.04. The fraction of sp³-hybridized carbons (Fsp3) is 0.263. The molecule has 0 fully saturated rings. The molecule has 1 heterocycles. The van der Waals surface area contributed by atoms with Crippen molar-refractivity contribution in [1.82, 2.24) is 5.32 Å². The highest BCUT2D eigenvalue weighted by Gasteiger charge is 2.19. The van der Waals surface area contributed by atoms with E-state index in [0.717, 1.165) is 4.88 Å². The number of Topliss-reactive ketones (excluding diaryl/α,β-unsaturated/α-hetero) is 1. The summed E-state index contributed by atoms with van der Waals surface area (Å²) in [6.45, 7) is 4.39. The summed E-state index contributed by atoms with van der Waals surface area (Å²) in [5.74, 6) is -1.76. The van der Waals surface area contributed by atoms with Gasteiger partial charge in [0.2, 0.25) is 0 Å². The van der Waals surface area contributed by atoms with Gasteiger partial charge in [-0.05, 0) is 45.0 Å². The lowest BCUT2D eigenvalue weighted by atomic mass is 10.1. The van der Waals surface area contributed by atoms with Crippen LogP contribution in [0.3, 0.4) is 0 Å². The summed E-state index contributed by atoms with van der Waals surface area (Å²) in [6.07, 6.45) is -1.06. The number of carbonyl (C=O) groups excluding carboxylic acids is 4. The van der Waals surface area contributed by atoms with Crippen LogP contribution < -0.4 is 10.6 Å². The SMILES string of the molecule is CC(=O)c1cccc(NC(=O)[C@H](C)OC(=O)CNC(=O)c2ccc(C)s2)c1. The molecule has 1 aromatic carbocycles. The van der Waals surface area contributed by atoms with Gasteiger partial charge < -0.3 is 15.4 Å². The molecule has 0 aliphatic carbocycles. The Bertz CT molecular complexity index is 874. The second kappa shape index (κ2) is 9.09. The van der Waals surface area contributed by atoms with Crippen LogP contribution in [0.5, 0.6) is 0 Å². The maximum absolute atomic E-state index is 12.1. The molecule has 0 radical (unpaired) electrons. The molecule has 0 aliphatic rings. The fourth-order valence-corrected chi connectivity index (χ4v) is 2.93. The molecule has 142 valence electrons. The maximum atomic E-state index is 12.1. The van der Waals surface area contributed by atoms with Crippen LogP contribution in [-0.4, -0.2) is 36.2 Å². The van der Waals surface area contributed by atoms with Crippen LogP contribution in [0.15, 0.2) is 36.4 Å². The van der Waals surface area contributed by atoms with Crippen LogP contribution in [0.4, 0.5) is 5.69 Å². The number of esters is 1. The first-order valence-electron chi connectivity index (χ1n) is 8.22. The van der Waals surface area contributed by atoms with E-state index in [1.54, 1.807) is 24.3 Å². The first kappa shape index (κ1) is 20.3. The molecular formula is C19H20N2O5S. The Labute approximate surface area is 160 Å². The van der Waals surface area contributed by atoms with E-state index in [1.165, 1.54) is 31.3 Å². The summed E-state index contributed by atoms with van der Waals surface area (Å²) in [5.41, 5.74) is 0.890. The third kappa shape index (κ3) is 6.03. The number of ketones is 1. The third-order valence-corrected chi connectivity index (χ3v) is 4.57. The van der Waals surface area contributed by atoms with Gasteiger partial charge in [0.25, 0.3) is 11.8 Å². The second-order valence-electron chi connectivity index (χ2n) is 5.85. The minimum absolute atomic E-state index is 0.123. The van der Waals surface area contributed by atoms with Crippen molar-refractivity contribution in [3.05, 3.63) is 51.7 Å². The number of anilines is 1. The average Bonchev–Trinajstić information content (AvgIpc) is 3.06. The molecule has 1 aromatic heterocycles. The monoisotopic (exact) mass is 388 g/mol. The molecule has 8 heteroatoms. The minimum atomic E-state index is -1.06. The molecule has 0 unspecified atom stereocenters. The summed E-state index contributed by atoms with van der Waals surface area (Å²) in [4.78, 5) is 48.7. The lowest BCUT2D eigenvalue weighted by Crippen LogP contribution is -2.35. The molecule has 0 bridgehead atoms. The topological polar surface area (TPSA) is 102 Å². The molecule has 2 aromatic rings. The summed E-state index contributed by atoms with van der Waals surface area (Å²) in [6, 6.07) is 9.93. The Morgan fingerprint density at radius 1 is 1.15 bits per heavy atom. The molecule has 0 saturated heterocycles. The lowest BCUT2D eigenvalue weighted by Gasteiger charge is -2.14. The lowest BCUT2D eigenvalue weighted by molar-refractivity contribution is -0.152. The minimum Gasteiger partial charge on any atom is -0.451 e. The van der Waals surface area contributed by atoms with E-state index >= 15 is 0 Å². The highest BCUT2D eigenvalue weighted by molar-refractivity contribution is 7.13. The standard InChI is InChI=1S/C19H20N2O5S/c1-11-7-8-16(27-11)19(25)20-10-17(23)26-13(3)18(24)21-15-6-4-5-14(9-15)12(2)22/h4-9,13H,10H2,1-3H3,(H,20,25)(H,21,24)/t13-/m0/s1. The van der Waals surface area contributed by atoms with Gasteiger partial charge in [-0.1, -0.05) is 12.1 Å². The van der Waals surface area contributed by atoms with E-state index < -0.39 is 18.0 Å².